The van der Waals surface area contributed by atoms with Crippen molar-refractivity contribution in [2.75, 3.05) is 6.61 Å². The fourth-order valence-electron chi connectivity index (χ4n) is 3.18. The van der Waals surface area contributed by atoms with Crippen LogP contribution in [-0.2, 0) is 16.1 Å². The van der Waals surface area contributed by atoms with Crippen LogP contribution in [0.25, 0.3) is 6.08 Å². The molecule has 1 heterocycles. The zero-order valence-corrected chi connectivity index (χ0v) is 19.4. The summed E-state index contributed by atoms with van der Waals surface area (Å²) in [6, 6.07) is 21.1. The molecule has 0 radical (unpaired) electrons. The van der Waals surface area contributed by atoms with E-state index < -0.39 is 5.97 Å². The summed E-state index contributed by atoms with van der Waals surface area (Å²) in [5, 5.41) is 0. The van der Waals surface area contributed by atoms with E-state index >= 15 is 0 Å². The number of cyclic esters (lactones) is 1. The second-order valence-electron chi connectivity index (χ2n) is 7.26. The van der Waals surface area contributed by atoms with Crippen molar-refractivity contribution in [1.29, 1.82) is 0 Å². The van der Waals surface area contributed by atoms with Crippen molar-refractivity contribution in [2.24, 2.45) is 4.99 Å². The molecule has 5 nitrogen and oxygen atoms in total. The Bertz CT molecular complexity index is 1200. The average Bonchev–Trinajstić information content (AvgIpc) is 3.14. The molecule has 0 N–H and O–H groups in total. The molecule has 6 heteroatoms. The third-order valence-corrected chi connectivity index (χ3v) is 5.27. The van der Waals surface area contributed by atoms with E-state index in [9.17, 15) is 4.79 Å². The van der Waals surface area contributed by atoms with Crippen LogP contribution in [0.4, 0.5) is 0 Å². The Balaban J connectivity index is 1.55. The van der Waals surface area contributed by atoms with Crippen molar-refractivity contribution in [3.05, 3.63) is 99.2 Å². The molecule has 162 valence electrons. The Morgan fingerprint density at radius 3 is 2.56 bits per heavy atom. The minimum absolute atomic E-state index is 0.242. The van der Waals surface area contributed by atoms with Gasteiger partial charge in [0.25, 0.3) is 0 Å². The van der Waals surface area contributed by atoms with E-state index in [-0.39, 0.29) is 5.70 Å². The Morgan fingerprint density at radius 2 is 1.81 bits per heavy atom. The third kappa shape index (κ3) is 5.26. The highest BCUT2D eigenvalue weighted by Crippen LogP contribution is 2.31. The van der Waals surface area contributed by atoms with Crippen LogP contribution in [0.2, 0.25) is 0 Å². The smallest absolute Gasteiger partial charge is 0.363 e. The van der Waals surface area contributed by atoms with Gasteiger partial charge < -0.3 is 14.2 Å². The summed E-state index contributed by atoms with van der Waals surface area (Å²) in [6.07, 6.45) is 1.68. The van der Waals surface area contributed by atoms with Crippen LogP contribution in [0.15, 0.2) is 81.9 Å². The molecule has 4 rings (SSSR count). The molecule has 0 unspecified atom stereocenters. The number of nitrogens with zero attached hydrogens (tertiary/aromatic N) is 1. The minimum Gasteiger partial charge on any atom is -0.490 e. The number of aryl methyl sites for hydroxylation is 1. The lowest BCUT2D eigenvalue weighted by molar-refractivity contribution is -0.129. The van der Waals surface area contributed by atoms with Gasteiger partial charge >= 0.3 is 5.97 Å². The van der Waals surface area contributed by atoms with Gasteiger partial charge in [-0.15, -0.1) is 0 Å². The van der Waals surface area contributed by atoms with Gasteiger partial charge in [0.2, 0.25) is 5.90 Å². The van der Waals surface area contributed by atoms with Crippen molar-refractivity contribution < 1.29 is 19.0 Å². The monoisotopic (exact) mass is 491 g/mol. The summed E-state index contributed by atoms with van der Waals surface area (Å²) in [5.41, 5.74) is 3.94. The molecule has 0 bridgehead atoms. The van der Waals surface area contributed by atoms with Gasteiger partial charge in [0.15, 0.2) is 17.2 Å². The predicted molar refractivity (Wildman–Crippen MR) is 128 cm³/mol. The maximum absolute atomic E-state index is 12.3. The highest BCUT2D eigenvalue weighted by molar-refractivity contribution is 9.10. The average molecular weight is 492 g/mol. The summed E-state index contributed by atoms with van der Waals surface area (Å²) in [6.45, 7) is 4.82. The van der Waals surface area contributed by atoms with E-state index in [1.54, 1.807) is 6.08 Å². The maximum atomic E-state index is 12.3. The number of benzene rings is 3. The van der Waals surface area contributed by atoms with Gasteiger partial charge in [0.1, 0.15) is 6.61 Å². The zero-order chi connectivity index (χ0) is 22.5. The standard InChI is InChI=1S/C26H22BrNO4/c1-3-30-24-15-18(9-12-23(24)31-16-19-5-4-6-21(27)13-19)14-22-26(29)32-25(28-22)20-10-7-17(2)8-11-20/h4-15H,3,16H2,1-2H3/b22-14-. The van der Waals surface area contributed by atoms with Crippen molar-refractivity contribution in [2.45, 2.75) is 20.5 Å². The molecular formula is C26H22BrNO4. The van der Waals surface area contributed by atoms with Crippen LogP contribution in [0, 0.1) is 6.92 Å². The predicted octanol–water partition coefficient (Wildman–Crippen LogP) is 6.08. The highest BCUT2D eigenvalue weighted by atomic mass is 79.9. The van der Waals surface area contributed by atoms with Crippen molar-refractivity contribution >= 4 is 33.9 Å². The van der Waals surface area contributed by atoms with Crippen LogP contribution < -0.4 is 9.47 Å². The van der Waals surface area contributed by atoms with E-state index in [2.05, 4.69) is 20.9 Å². The largest absolute Gasteiger partial charge is 0.490 e. The molecule has 0 atom stereocenters. The highest BCUT2D eigenvalue weighted by Gasteiger charge is 2.24. The van der Waals surface area contributed by atoms with Gasteiger partial charge in [0.05, 0.1) is 6.61 Å². The Morgan fingerprint density at radius 1 is 1.00 bits per heavy atom. The SMILES string of the molecule is CCOc1cc(/C=C2\N=C(c3ccc(C)cc3)OC2=O)ccc1OCc1cccc(Br)c1. The van der Waals surface area contributed by atoms with Crippen molar-refractivity contribution in [3.8, 4) is 11.5 Å². The summed E-state index contributed by atoms with van der Waals surface area (Å²) in [4.78, 5) is 16.7. The summed E-state index contributed by atoms with van der Waals surface area (Å²) in [7, 11) is 0. The second kappa shape index (κ2) is 9.83. The normalized spacial score (nSPS) is 14.3. The van der Waals surface area contributed by atoms with Crippen LogP contribution in [0.1, 0.15) is 29.2 Å². The third-order valence-electron chi connectivity index (χ3n) is 4.77. The molecular weight excluding hydrogens is 470 g/mol. The van der Waals surface area contributed by atoms with E-state index in [0.717, 1.165) is 26.7 Å². The zero-order valence-electron chi connectivity index (χ0n) is 17.8. The fraction of sp³-hybridized carbons (Fsp3) is 0.154. The Kier molecular flexibility index (Phi) is 6.71. The molecule has 0 spiro atoms. The number of carbonyl (C=O) groups is 1. The molecule has 0 aliphatic carbocycles. The number of ether oxygens (including phenoxy) is 3. The molecule has 1 aliphatic rings. The first kappa shape index (κ1) is 21.8. The lowest BCUT2D eigenvalue weighted by Crippen LogP contribution is -2.05. The van der Waals surface area contributed by atoms with Crippen LogP contribution in [0.5, 0.6) is 11.5 Å². The van der Waals surface area contributed by atoms with E-state index in [1.807, 2.05) is 80.6 Å². The van der Waals surface area contributed by atoms with Gasteiger partial charge in [-0.3, -0.25) is 0 Å². The molecule has 32 heavy (non-hydrogen) atoms. The van der Waals surface area contributed by atoms with Crippen LogP contribution in [-0.4, -0.2) is 18.5 Å². The molecule has 0 saturated heterocycles. The van der Waals surface area contributed by atoms with Gasteiger partial charge in [-0.25, -0.2) is 9.79 Å². The molecule has 0 amide bonds. The topological polar surface area (TPSA) is 57.1 Å². The molecule has 0 aromatic heterocycles. The van der Waals surface area contributed by atoms with Gasteiger partial charge in [-0.1, -0.05) is 51.8 Å². The number of halogens is 1. The van der Waals surface area contributed by atoms with Gasteiger partial charge in [-0.05, 0) is 67.4 Å². The lowest BCUT2D eigenvalue weighted by atomic mass is 10.1. The van der Waals surface area contributed by atoms with E-state index in [0.29, 0.717) is 30.6 Å². The summed E-state index contributed by atoms with van der Waals surface area (Å²) < 4.78 is 18.1. The number of hydrogen-bond donors (Lipinski definition) is 0. The number of hydrogen-bond acceptors (Lipinski definition) is 5. The molecule has 1 aliphatic heterocycles. The molecule has 3 aromatic carbocycles. The minimum atomic E-state index is -0.478. The molecule has 0 saturated carbocycles. The fourth-order valence-corrected chi connectivity index (χ4v) is 3.62. The molecule has 3 aromatic rings. The summed E-state index contributed by atoms with van der Waals surface area (Å²) >= 11 is 3.47. The lowest BCUT2D eigenvalue weighted by Gasteiger charge is -2.13. The second-order valence-corrected chi connectivity index (χ2v) is 8.18. The number of carbonyl (C=O) groups excluding carboxylic acids is 1. The first-order chi connectivity index (χ1) is 15.5. The maximum Gasteiger partial charge on any atom is 0.363 e. The van der Waals surface area contributed by atoms with E-state index in [4.69, 9.17) is 14.2 Å². The first-order valence-electron chi connectivity index (χ1n) is 10.3. The quantitative estimate of drug-likeness (QED) is 0.296. The molecule has 0 fully saturated rings. The van der Waals surface area contributed by atoms with Gasteiger partial charge in [0, 0.05) is 10.0 Å². The van der Waals surface area contributed by atoms with Crippen molar-refractivity contribution in [3.63, 3.8) is 0 Å². The Hall–Kier alpha value is -3.38. The number of aliphatic imine (C=N–C) groups is 1. The summed E-state index contributed by atoms with van der Waals surface area (Å²) in [5.74, 6) is 1.06. The Labute approximate surface area is 195 Å². The van der Waals surface area contributed by atoms with Gasteiger partial charge in [-0.2, -0.15) is 0 Å². The van der Waals surface area contributed by atoms with Crippen molar-refractivity contribution in [1.82, 2.24) is 0 Å². The number of rotatable bonds is 7. The van der Waals surface area contributed by atoms with Crippen LogP contribution in [0.3, 0.4) is 0 Å². The first-order valence-corrected chi connectivity index (χ1v) is 11.0. The van der Waals surface area contributed by atoms with Crippen LogP contribution >= 0.6 is 15.9 Å². The number of esters is 1. The van der Waals surface area contributed by atoms with E-state index in [1.165, 1.54) is 0 Å².